The highest BCUT2D eigenvalue weighted by atomic mass is 16.6. The Morgan fingerprint density at radius 3 is 2.71 bits per heavy atom. The highest BCUT2D eigenvalue weighted by Crippen LogP contribution is 2.22. The Hall–Kier alpha value is -0.850. The molecule has 1 rings (SSSR count). The molecule has 0 aromatic heterocycles. The molecule has 1 amide bonds. The second-order valence-corrected chi connectivity index (χ2v) is 5.37. The van der Waals surface area contributed by atoms with Crippen LogP contribution in [0.3, 0.4) is 0 Å². The van der Waals surface area contributed by atoms with E-state index in [0.717, 1.165) is 0 Å². The van der Waals surface area contributed by atoms with Crippen LogP contribution in [0.15, 0.2) is 0 Å². The van der Waals surface area contributed by atoms with Gasteiger partial charge in [0.2, 0.25) is 0 Å². The molecule has 1 unspecified atom stereocenters. The van der Waals surface area contributed by atoms with E-state index in [0.29, 0.717) is 19.6 Å². The molecular weight excluding hydrogens is 224 g/mol. The molecule has 6 heteroatoms. The van der Waals surface area contributed by atoms with Crippen molar-refractivity contribution in [1.82, 2.24) is 5.32 Å². The number of alkyl carbamates (subject to hydrolysis) is 1. The number of aliphatic hydroxyl groups excluding tert-OH is 1. The van der Waals surface area contributed by atoms with Crippen molar-refractivity contribution in [2.24, 2.45) is 5.73 Å². The Morgan fingerprint density at radius 2 is 2.29 bits per heavy atom. The Labute approximate surface area is 101 Å². The van der Waals surface area contributed by atoms with E-state index in [1.807, 2.05) is 0 Å². The predicted molar refractivity (Wildman–Crippen MR) is 62.6 cm³/mol. The van der Waals surface area contributed by atoms with Crippen molar-refractivity contribution in [3.8, 4) is 0 Å². The summed E-state index contributed by atoms with van der Waals surface area (Å²) < 4.78 is 10.4. The standard InChI is InChI=1S/C11H22N2O4/c1-10(2,3)17-9(15)13-11(8(12)6-14)4-5-16-7-11/h8,14H,4-7,12H2,1-3H3,(H,13,15)/t8-,11?/m0/s1. The minimum atomic E-state index is -0.725. The van der Waals surface area contributed by atoms with Crippen LogP contribution in [0.2, 0.25) is 0 Å². The second-order valence-electron chi connectivity index (χ2n) is 5.37. The third kappa shape index (κ3) is 3.83. The Bertz CT molecular complexity index is 269. The van der Waals surface area contributed by atoms with Gasteiger partial charge in [0, 0.05) is 6.61 Å². The fraction of sp³-hybridized carbons (Fsp3) is 0.909. The van der Waals surface area contributed by atoms with E-state index in [1.165, 1.54) is 0 Å². The van der Waals surface area contributed by atoms with Gasteiger partial charge in [-0.1, -0.05) is 0 Å². The van der Waals surface area contributed by atoms with Gasteiger partial charge in [-0.05, 0) is 27.2 Å². The van der Waals surface area contributed by atoms with Crippen LogP contribution in [0.1, 0.15) is 27.2 Å². The smallest absolute Gasteiger partial charge is 0.408 e. The molecule has 1 heterocycles. The lowest BCUT2D eigenvalue weighted by molar-refractivity contribution is 0.0395. The monoisotopic (exact) mass is 246 g/mol. The van der Waals surface area contributed by atoms with Crippen LogP contribution in [0.5, 0.6) is 0 Å². The lowest BCUT2D eigenvalue weighted by Gasteiger charge is -2.34. The van der Waals surface area contributed by atoms with E-state index in [9.17, 15) is 4.79 Å². The molecule has 0 aromatic carbocycles. The van der Waals surface area contributed by atoms with Gasteiger partial charge in [-0.15, -0.1) is 0 Å². The lowest BCUT2D eigenvalue weighted by atomic mass is 9.90. The van der Waals surface area contributed by atoms with Crippen LogP contribution in [0.4, 0.5) is 4.79 Å². The number of nitrogens with one attached hydrogen (secondary N) is 1. The van der Waals surface area contributed by atoms with Gasteiger partial charge in [0.1, 0.15) is 5.60 Å². The topological polar surface area (TPSA) is 93.8 Å². The van der Waals surface area contributed by atoms with E-state index >= 15 is 0 Å². The number of rotatable bonds is 3. The lowest BCUT2D eigenvalue weighted by Crippen LogP contribution is -2.62. The molecule has 1 aliphatic heterocycles. The van der Waals surface area contributed by atoms with Crippen LogP contribution in [-0.4, -0.2) is 48.2 Å². The van der Waals surface area contributed by atoms with Gasteiger partial charge in [0.25, 0.3) is 0 Å². The SMILES string of the molecule is CC(C)(C)OC(=O)NC1([C@@H](N)CO)CCOC1. The number of hydrogen-bond donors (Lipinski definition) is 3. The summed E-state index contributed by atoms with van der Waals surface area (Å²) >= 11 is 0. The zero-order valence-corrected chi connectivity index (χ0v) is 10.7. The minimum Gasteiger partial charge on any atom is -0.444 e. The van der Waals surface area contributed by atoms with Crippen LogP contribution in [0, 0.1) is 0 Å². The van der Waals surface area contributed by atoms with Gasteiger partial charge in [0.15, 0.2) is 0 Å². The quantitative estimate of drug-likeness (QED) is 0.651. The second kappa shape index (κ2) is 5.20. The number of amides is 1. The first-order chi connectivity index (χ1) is 7.79. The van der Waals surface area contributed by atoms with Gasteiger partial charge in [-0.25, -0.2) is 4.79 Å². The summed E-state index contributed by atoms with van der Waals surface area (Å²) in [6.07, 6.45) is 0.0421. The molecule has 6 nitrogen and oxygen atoms in total. The highest BCUT2D eigenvalue weighted by molar-refractivity contribution is 5.69. The fourth-order valence-corrected chi connectivity index (χ4v) is 1.75. The van der Waals surface area contributed by atoms with Crippen molar-refractivity contribution in [1.29, 1.82) is 0 Å². The molecule has 4 N–H and O–H groups in total. The summed E-state index contributed by atoms with van der Waals surface area (Å²) in [6.45, 7) is 5.97. The molecule has 0 spiro atoms. The summed E-state index contributed by atoms with van der Waals surface area (Å²) in [6, 6.07) is -0.558. The first-order valence-corrected chi connectivity index (χ1v) is 5.74. The molecule has 0 radical (unpaired) electrons. The number of nitrogens with two attached hydrogens (primary N) is 1. The van der Waals surface area contributed by atoms with Gasteiger partial charge in [0.05, 0.1) is 24.8 Å². The molecule has 1 saturated heterocycles. The molecule has 1 fully saturated rings. The summed E-state index contributed by atoms with van der Waals surface area (Å²) in [7, 11) is 0. The van der Waals surface area contributed by atoms with Crippen molar-refractivity contribution < 1.29 is 19.4 Å². The molecule has 0 bridgehead atoms. The number of ether oxygens (including phenoxy) is 2. The molecule has 0 aliphatic carbocycles. The van der Waals surface area contributed by atoms with Crippen LogP contribution in [0.25, 0.3) is 0 Å². The van der Waals surface area contributed by atoms with Crippen molar-refractivity contribution in [2.45, 2.75) is 44.4 Å². The molecule has 2 atom stereocenters. The average molecular weight is 246 g/mol. The molecule has 17 heavy (non-hydrogen) atoms. The van der Waals surface area contributed by atoms with Crippen molar-refractivity contribution in [3.63, 3.8) is 0 Å². The van der Waals surface area contributed by atoms with Gasteiger partial charge >= 0.3 is 6.09 Å². The summed E-state index contributed by atoms with van der Waals surface area (Å²) in [5.41, 5.74) is 4.54. The summed E-state index contributed by atoms with van der Waals surface area (Å²) in [5.74, 6) is 0. The molecule has 0 aromatic rings. The maximum Gasteiger partial charge on any atom is 0.408 e. The van der Waals surface area contributed by atoms with E-state index in [1.54, 1.807) is 20.8 Å². The van der Waals surface area contributed by atoms with Crippen molar-refractivity contribution in [2.75, 3.05) is 19.8 Å². The van der Waals surface area contributed by atoms with E-state index < -0.39 is 23.3 Å². The number of hydrogen-bond acceptors (Lipinski definition) is 5. The molecule has 0 saturated carbocycles. The Kier molecular flexibility index (Phi) is 4.35. The summed E-state index contributed by atoms with van der Waals surface area (Å²) in [4.78, 5) is 11.7. The third-order valence-electron chi connectivity index (χ3n) is 2.71. The molecule has 100 valence electrons. The molecule has 1 aliphatic rings. The van der Waals surface area contributed by atoms with Crippen LogP contribution >= 0.6 is 0 Å². The first kappa shape index (κ1) is 14.2. The van der Waals surface area contributed by atoms with Crippen molar-refractivity contribution >= 4 is 6.09 Å². The largest absolute Gasteiger partial charge is 0.444 e. The van der Waals surface area contributed by atoms with Crippen LogP contribution < -0.4 is 11.1 Å². The average Bonchev–Trinajstić information content (AvgIpc) is 2.63. The number of aliphatic hydroxyl groups is 1. The third-order valence-corrected chi connectivity index (χ3v) is 2.71. The maximum absolute atomic E-state index is 11.7. The van der Waals surface area contributed by atoms with Gasteiger partial charge in [-0.2, -0.15) is 0 Å². The fourth-order valence-electron chi connectivity index (χ4n) is 1.75. The zero-order chi connectivity index (χ0) is 13.1. The maximum atomic E-state index is 11.7. The number of carbonyl (C=O) groups excluding carboxylic acids is 1. The zero-order valence-electron chi connectivity index (χ0n) is 10.7. The molecular formula is C11H22N2O4. The van der Waals surface area contributed by atoms with Gasteiger partial charge in [-0.3, -0.25) is 0 Å². The Morgan fingerprint density at radius 1 is 1.65 bits per heavy atom. The predicted octanol–water partition coefficient (Wildman–Crippen LogP) is -0.0102. The summed E-state index contributed by atoms with van der Waals surface area (Å²) in [5, 5.41) is 11.9. The minimum absolute atomic E-state index is 0.209. The van der Waals surface area contributed by atoms with E-state index in [4.69, 9.17) is 20.3 Å². The normalized spacial score (nSPS) is 26.6. The number of carbonyl (C=O) groups is 1. The van der Waals surface area contributed by atoms with Crippen LogP contribution in [-0.2, 0) is 9.47 Å². The Balaban J connectivity index is 2.65. The highest BCUT2D eigenvalue weighted by Gasteiger charge is 2.42. The van der Waals surface area contributed by atoms with Crippen molar-refractivity contribution in [3.05, 3.63) is 0 Å². The van der Waals surface area contributed by atoms with Gasteiger partial charge < -0.3 is 25.6 Å². The van der Waals surface area contributed by atoms with E-state index in [-0.39, 0.29) is 6.61 Å². The first-order valence-electron chi connectivity index (χ1n) is 5.74. The van der Waals surface area contributed by atoms with E-state index in [2.05, 4.69) is 5.32 Å².